The molecule has 0 aliphatic rings. The van der Waals surface area contributed by atoms with Gasteiger partial charge in [0.25, 0.3) is 5.91 Å². The Morgan fingerprint density at radius 1 is 1.38 bits per heavy atom. The van der Waals surface area contributed by atoms with Crippen molar-refractivity contribution in [3.8, 4) is 6.07 Å². The van der Waals surface area contributed by atoms with Crippen LogP contribution in [-0.2, 0) is 6.42 Å². The summed E-state index contributed by atoms with van der Waals surface area (Å²) in [5.74, 6) is -0.824. The minimum Gasteiger partial charge on any atom is -0.321 e. The molecule has 1 amide bonds. The lowest BCUT2D eigenvalue weighted by atomic mass is 10.2. The van der Waals surface area contributed by atoms with E-state index in [1.807, 2.05) is 13.0 Å². The van der Waals surface area contributed by atoms with E-state index in [1.165, 1.54) is 16.7 Å². The number of aromatic nitrogens is 2. The van der Waals surface area contributed by atoms with Crippen molar-refractivity contribution in [1.29, 1.82) is 5.26 Å². The predicted molar refractivity (Wildman–Crippen MR) is 88.3 cm³/mol. The minimum absolute atomic E-state index is 0.314. The molecule has 24 heavy (non-hydrogen) atoms. The van der Waals surface area contributed by atoms with Crippen LogP contribution in [0.2, 0.25) is 0 Å². The van der Waals surface area contributed by atoms with E-state index in [2.05, 4.69) is 10.3 Å². The van der Waals surface area contributed by atoms with Crippen molar-refractivity contribution < 1.29 is 9.18 Å². The molecule has 0 spiro atoms. The molecule has 0 fully saturated rings. The molecule has 2 aromatic heterocycles. The second-order valence-electron chi connectivity index (χ2n) is 5.38. The number of benzene rings is 1. The number of amides is 1. The number of rotatable bonds is 4. The fourth-order valence-electron chi connectivity index (χ4n) is 2.58. The standard InChI is InChI=1S/C18H15FN4O/c1-2-4-15-17(23-11-13(19)7-8-16(23)22-15)18(24)21-14-6-3-5-12(9-14)10-20/h3,5-9,11H,2,4H2,1H3,(H,21,24). The number of nitriles is 1. The lowest BCUT2D eigenvalue weighted by molar-refractivity contribution is 0.102. The fraction of sp³-hybridized carbons (Fsp3) is 0.167. The molecule has 2 heterocycles. The third-order valence-corrected chi connectivity index (χ3v) is 3.61. The number of nitrogens with zero attached hydrogens (tertiary/aromatic N) is 3. The Bertz CT molecular complexity index is 955. The number of hydrogen-bond donors (Lipinski definition) is 1. The maximum Gasteiger partial charge on any atom is 0.274 e. The van der Waals surface area contributed by atoms with Gasteiger partial charge in [-0.3, -0.25) is 9.20 Å². The highest BCUT2D eigenvalue weighted by Crippen LogP contribution is 2.18. The highest BCUT2D eigenvalue weighted by molar-refractivity contribution is 6.04. The summed E-state index contributed by atoms with van der Waals surface area (Å²) in [5.41, 5.74) is 2.42. The van der Waals surface area contributed by atoms with Gasteiger partial charge < -0.3 is 5.32 Å². The van der Waals surface area contributed by atoms with Gasteiger partial charge >= 0.3 is 0 Å². The summed E-state index contributed by atoms with van der Waals surface area (Å²) in [6, 6.07) is 11.5. The molecule has 3 rings (SSSR count). The van der Waals surface area contributed by atoms with E-state index in [0.717, 1.165) is 6.42 Å². The first kappa shape index (κ1) is 15.7. The molecule has 3 aromatic rings. The Kier molecular flexibility index (Phi) is 4.25. The number of hydrogen-bond acceptors (Lipinski definition) is 3. The summed E-state index contributed by atoms with van der Waals surface area (Å²) >= 11 is 0. The van der Waals surface area contributed by atoms with Gasteiger partial charge in [-0.25, -0.2) is 9.37 Å². The molecule has 0 atom stereocenters. The summed E-state index contributed by atoms with van der Waals surface area (Å²) in [5, 5.41) is 11.7. The number of anilines is 1. The molecule has 0 radical (unpaired) electrons. The Balaban J connectivity index is 2.03. The highest BCUT2D eigenvalue weighted by Gasteiger charge is 2.19. The third kappa shape index (κ3) is 2.97. The minimum atomic E-state index is -0.441. The van der Waals surface area contributed by atoms with E-state index in [-0.39, 0.29) is 5.91 Å². The average Bonchev–Trinajstić information content (AvgIpc) is 2.92. The van der Waals surface area contributed by atoms with E-state index in [9.17, 15) is 9.18 Å². The predicted octanol–water partition coefficient (Wildman–Crippen LogP) is 3.55. The first-order valence-corrected chi connectivity index (χ1v) is 7.60. The molecule has 0 unspecified atom stereocenters. The number of aryl methyl sites for hydroxylation is 1. The Labute approximate surface area is 138 Å². The number of carbonyl (C=O) groups excluding carboxylic acids is 1. The van der Waals surface area contributed by atoms with Gasteiger partial charge in [0.15, 0.2) is 0 Å². The molecule has 6 heteroatoms. The molecule has 1 N–H and O–H groups in total. The smallest absolute Gasteiger partial charge is 0.274 e. The monoisotopic (exact) mass is 322 g/mol. The van der Waals surface area contributed by atoms with E-state index in [0.29, 0.717) is 34.7 Å². The van der Waals surface area contributed by atoms with Crippen LogP contribution in [0.25, 0.3) is 5.65 Å². The summed E-state index contributed by atoms with van der Waals surface area (Å²) in [6.45, 7) is 1.99. The van der Waals surface area contributed by atoms with Crippen LogP contribution in [0.1, 0.15) is 35.1 Å². The van der Waals surface area contributed by atoms with Crippen molar-refractivity contribution in [3.05, 3.63) is 65.4 Å². The quantitative estimate of drug-likeness (QED) is 0.798. The number of imidazole rings is 1. The average molecular weight is 322 g/mol. The zero-order valence-electron chi connectivity index (χ0n) is 13.1. The largest absolute Gasteiger partial charge is 0.321 e. The molecular formula is C18H15FN4O. The summed E-state index contributed by atoms with van der Waals surface area (Å²) in [6.07, 6.45) is 2.68. The van der Waals surface area contributed by atoms with Crippen molar-refractivity contribution in [2.75, 3.05) is 5.32 Å². The summed E-state index contributed by atoms with van der Waals surface area (Å²) < 4.78 is 15.0. The lowest BCUT2D eigenvalue weighted by Crippen LogP contribution is -2.16. The zero-order chi connectivity index (χ0) is 17.1. The molecule has 120 valence electrons. The van der Waals surface area contributed by atoms with Gasteiger partial charge in [0.1, 0.15) is 17.2 Å². The van der Waals surface area contributed by atoms with Gasteiger partial charge in [-0.2, -0.15) is 5.26 Å². The fourth-order valence-corrected chi connectivity index (χ4v) is 2.58. The van der Waals surface area contributed by atoms with Crippen LogP contribution in [0.4, 0.5) is 10.1 Å². The van der Waals surface area contributed by atoms with Gasteiger partial charge in [-0.15, -0.1) is 0 Å². The van der Waals surface area contributed by atoms with Gasteiger partial charge in [-0.05, 0) is 36.8 Å². The van der Waals surface area contributed by atoms with Crippen LogP contribution < -0.4 is 5.32 Å². The number of halogens is 1. The second-order valence-corrected chi connectivity index (χ2v) is 5.38. The molecule has 0 saturated carbocycles. The van der Waals surface area contributed by atoms with Gasteiger partial charge in [0, 0.05) is 11.9 Å². The van der Waals surface area contributed by atoms with Crippen LogP contribution in [0, 0.1) is 17.1 Å². The first-order chi connectivity index (χ1) is 11.6. The van der Waals surface area contributed by atoms with E-state index < -0.39 is 5.82 Å². The van der Waals surface area contributed by atoms with Gasteiger partial charge in [-0.1, -0.05) is 19.4 Å². The Hall–Kier alpha value is -3.20. The maximum atomic E-state index is 13.6. The molecule has 0 aliphatic heterocycles. The van der Waals surface area contributed by atoms with E-state index >= 15 is 0 Å². The zero-order valence-corrected chi connectivity index (χ0v) is 13.1. The SMILES string of the molecule is CCCc1nc2ccc(F)cn2c1C(=O)Nc1cccc(C#N)c1. The Morgan fingerprint density at radius 2 is 2.21 bits per heavy atom. The Morgan fingerprint density at radius 3 is 2.96 bits per heavy atom. The molecule has 0 aliphatic carbocycles. The lowest BCUT2D eigenvalue weighted by Gasteiger charge is -2.07. The van der Waals surface area contributed by atoms with Crippen molar-refractivity contribution in [1.82, 2.24) is 9.38 Å². The van der Waals surface area contributed by atoms with Gasteiger partial charge in [0.2, 0.25) is 0 Å². The van der Waals surface area contributed by atoms with Crippen LogP contribution in [0.15, 0.2) is 42.6 Å². The number of pyridine rings is 1. The van der Waals surface area contributed by atoms with Crippen molar-refractivity contribution in [2.45, 2.75) is 19.8 Å². The van der Waals surface area contributed by atoms with Crippen LogP contribution >= 0.6 is 0 Å². The molecule has 1 aromatic carbocycles. The first-order valence-electron chi connectivity index (χ1n) is 7.60. The van der Waals surface area contributed by atoms with Crippen LogP contribution in [-0.4, -0.2) is 15.3 Å². The van der Waals surface area contributed by atoms with E-state index in [1.54, 1.807) is 30.3 Å². The molecular weight excluding hydrogens is 307 g/mol. The number of nitrogens with one attached hydrogen (secondary N) is 1. The van der Waals surface area contributed by atoms with Crippen molar-refractivity contribution in [3.63, 3.8) is 0 Å². The molecule has 5 nitrogen and oxygen atoms in total. The summed E-state index contributed by atoms with van der Waals surface area (Å²) in [7, 11) is 0. The summed E-state index contributed by atoms with van der Waals surface area (Å²) in [4.78, 5) is 17.1. The second kappa shape index (κ2) is 6.50. The number of carbonyl (C=O) groups is 1. The normalized spacial score (nSPS) is 10.5. The molecule has 0 bridgehead atoms. The van der Waals surface area contributed by atoms with E-state index in [4.69, 9.17) is 5.26 Å². The third-order valence-electron chi connectivity index (χ3n) is 3.61. The van der Waals surface area contributed by atoms with Crippen molar-refractivity contribution >= 4 is 17.2 Å². The van der Waals surface area contributed by atoms with Gasteiger partial charge in [0.05, 0.1) is 17.3 Å². The van der Waals surface area contributed by atoms with Crippen LogP contribution in [0.3, 0.4) is 0 Å². The van der Waals surface area contributed by atoms with Crippen LogP contribution in [0.5, 0.6) is 0 Å². The number of fused-ring (bicyclic) bond motifs is 1. The molecule has 0 saturated heterocycles. The highest BCUT2D eigenvalue weighted by atomic mass is 19.1. The van der Waals surface area contributed by atoms with Crippen molar-refractivity contribution in [2.24, 2.45) is 0 Å². The topological polar surface area (TPSA) is 70.2 Å². The maximum absolute atomic E-state index is 13.6.